The predicted octanol–water partition coefficient (Wildman–Crippen LogP) is 11.5. The van der Waals surface area contributed by atoms with Crippen LogP contribution in [0, 0.1) is 24.2 Å². The van der Waals surface area contributed by atoms with Crippen LogP contribution in [0.2, 0.25) is 19.6 Å². The molecule has 0 N–H and O–H groups in total. The second-order valence-corrected chi connectivity index (χ2v) is 19.8. The van der Waals surface area contributed by atoms with Crippen molar-refractivity contribution in [3.8, 4) is 28.3 Å². The van der Waals surface area contributed by atoms with Crippen molar-refractivity contribution in [2.45, 2.75) is 46.8 Å². The first-order chi connectivity index (χ1) is 24.9. The summed E-state index contributed by atoms with van der Waals surface area (Å²) in [5, 5.41) is 8.19. The number of nitrogens with zero attached hydrogens (tertiary/aromatic N) is 3. The van der Waals surface area contributed by atoms with Gasteiger partial charge in [0.25, 0.3) is 0 Å². The van der Waals surface area contributed by atoms with E-state index in [0.717, 1.165) is 61.3 Å². The van der Waals surface area contributed by atoms with E-state index in [-0.39, 0.29) is 20.1 Å². The van der Waals surface area contributed by atoms with Crippen LogP contribution in [0.4, 0.5) is 0 Å². The van der Waals surface area contributed by atoms with Crippen LogP contribution in [0.5, 0.6) is 0 Å². The van der Waals surface area contributed by atoms with Gasteiger partial charge in [0.1, 0.15) is 0 Å². The first kappa shape index (κ1) is 31.8. The molecule has 0 aliphatic heterocycles. The number of aryl methyl sites for hydroxylation is 1. The van der Waals surface area contributed by atoms with E-state index >= 15 is 0 Å². The van der Waals surface area contributed by atoms with Gasteiger partial charge >= 0.3 is 0 Å². The van der Waals surface area contributed by atoms with Gasteiger partial charge in [0.2, 0.25) is 0 Å². The Bertz CT molecular complexity index is 2520. The van der Waals surface area contributed by atoms with Crippen molar-refractivity contribution in [2.24, 2.45) is 5.92 Å². The quantitative estimate of drug-likeness (QED) is 0.123. The molecule has 253 valence electrons. The molecule has 5 aromatic carbocycles. The van der Waals surface area contributed by atoms with Crippen LogP contribution < -0.4 is 5.19 Å². The molecule has 0 saturated heterocycles. The number of imidazole rings is 1. The number of fused-ring (bicyclic) bond motifs is 3. The minimum atomic E-state index is -2.13. The average Bonchev–Trinajstić information content (AvgIpc) is 3.72. The second-order valence-electron chi connectivity index (χ2n) is 13.9. The largest absolute Gasteiger partial charge is 0.333 e. The van der Waals surface area contributed by atoms with Gasteiger partial charge in [-0.3, -0.25) is 16.3 Å². The molecule has 8 rings (SSSR count). The van der Waals surface area contributed by atoms with Crippen LogP contribution in [-0.4, -0.2) is 22.6 Å². The maximum atomic E-state index is 7.72. The van der Waals surface area contributed by atoms with Gasteiger partial charge < -0.3 is 9.55 Å². The van der Waals surface area contributed by atoms with Crippen molar-refractivity contribution < 1.29 is 24.2 Å². The molecule has 6 heteroatoms. The van der Waals surface area contributed by atoms with Gasteiger partial charge in [-0.1, -0.05) is 121 Å². The maximum absolute atomic E-state index is 7.72. The Labute approximate surface area is 318 Å². The Morgan fingerprint density at radius 3 is 2.40 bits per heavy atom. The number of thiophene rings is 1. The van der Waals surface area contributed by atoms with E-state index in [4.69, 9.17) is 9.10 Å². The zero-order chi connectivity index (χ0) is 36.6. The summed E-state index contributed by atoms with van der Waals surface area (Å²) in [5.74, 6) is 1.47. The maximum Gasteiger partial charge on any atom is 0.0798 e. The summed E-state index contributed by atoms with van der Waals surface area (Å²) >= 11 is 1.43. The van der Waals surface area contributed by atoms with Crippen molar-refractivity contribution in [3.63, 3.8) is 0 Å². The summed E-state index contributed by atoms with van der Waals surface area (Å²) in [6.45, 7) is 9.61. The van der Waals surface area contributed by atoms with Gasteiger partial charge in [0, 0.05) is 36.1 Å². The fourth-order valence-corrected chi connectivity index (χ4v) is 8.86. The van der Waals surface area contributed by atoms with Crippen LogP contribution in [0.25, 0.3) is 60.2 Å². The Morgan fingerprint density at radius 2 is 1.64 bits per heavy atom. The van der Waals surface area contributed by atoms with Gasteiger partial charge in [-0.25, -0.2) is 0 Å². The predicted molar refractivity (Wildman–Crippen MR) is 213 cm³/mol. The minimum Gasteiger partial charge on any atom is -0.333 e. The Morgan fingerprint density at radius 1 is 0.860 bits per heavy atom. The van der Waals surface area contributed by atoms with E-state index in [1.165, 1.54) is 27.5 Å². The molecule has 3 heterocycles. The van der Waals surface area contributed by atoms with E-state index in [2.05, 4.69) is 109 Å². The zero-order valence-corrected chi connectivity index (χ0v) is 33.1. The van der Waals surface area contributed by atoms with Crippen molar-refractivity contribution >= 4 is 56.5 Å². The molecule has 0 amide bonds. The third-order valence-corrected chi connectivity index (χ3v) is 11.6. The van der Waals surface area contributed by atoms with E-state index in [0.29, 0.717) is 11.5 Å². The molecule has 0 unspecified atom stereocenters. The summed E-state index contributed by atoms with van der Waals surface area (Å²) in [6.07, 6.45) is 3.24. The summed E-state index contributed by atoms with van der Waals surface area (Å²) in [6, 6.07) is 41.7. The van der Waals surface area contributed by atoms with E-state index < -0.39 is 14.9 Å². The van der Waals surface area contributed by atoms with Crippen LogP contribution in [0.15, 0.2) is 121 Å². The van der Waals surface area contributed by atoms with Crippen molar-refractivity contribution in [2.75, 3.05) is 0 Å². The molecule has 0 atom stereocenters. The topological polar surface area (TPSA) is 30.7 Å². The number of aromatic nitrogens is 3. The van der Waals surface area contributed by atoms with Crippen LogP contribution in [-0.2, 0) is 26.5 Å². The fourth-order valence-electron chi connectivity index (χ4n) is 6.39. The molecular weight excluding hydrogens is 823 g/mol. The number of benzene rings is 5. The molecule has 3 aromatic heterocycles. The standard InChI is InChI=1S/C26H17N2S.C18H24NSi.Ir/c1-17-10-13-21-22(16-29-25(21)14-17)26-27-23-8-4-5-9-24(23)28(26)20-12-11-18-6-2-3-7-19(18)15-20;1-14(2)11-16-12-17(15-9-7-6-8-10-15)19-13-18(16)20(3,4)5;/h2-15H,1H3;6-9,12-14H,11H2,1-5H3;/q2*-1;/i1D3;;. The van der Waals surface area contributed by atoms with E-state index in [1.807, 2.05) is 54.6 Å². The molecule has 0 spiro atoms. The van der Waals surface area contributed by atoms with Gasteiger partial charge in [0.05, 0.1) is 24.9 Å². The summed E-state index contributed by atoms with van der Waals surface area (Å²) in [4.78, 5) is 9.65. The molecule has 1 radical (unpaired) electrons. The number of hydrogen-bond acceptors (Lipinski definition) is 3. The molecular formula is C44H41IrN3SSi-2. The molecule has 0 bridgehead atoms. The van der Waals surface area contributed by atoms with Crippen LogP contribution in [0.1, 0.15) is 29.1 Å². The average molecular weight is 867 g/mol. The molecule has 0 saturated carbocycles. The van der Waals surface area contributed by atoms with Gasteiger partial charge in [0.15, 0.2) is 0 Å². The normalized spacial score (nSPS) is 12.6. The first-order valence-corrected chi connectivity index (χ1v) is 21.1. The molecule has 0 aliphatic carbocycles. The molecule has 0 fully saturated rings. The number of rotatable bonds is 6. The molecule has 3 nitrogen and oxygen atoms in total. The number of para-hydroxylation sites is 2. The second kappa shape index (κ2) is 15.0. The zero-order valence-electron chi connectivity index (χ0n) is 31.9. The van der Waals surface area contributed by atoms with Gasteiger partial charge in [-0.2, -0.15) is 0 Å². The van der Waals surface area contributed by atoms with Crippen molar-refractivity contribution in [3.05, 3.63) is 144 Å². The van der Waals surface area contributed by atoms with Crippen molar-refractivity contribution in [1.29, 1.82) is 0 Å². The molecule has 8 aromatic rings. The van der Waals surface area contributed by atoms with Gasteiger partial charge in [-0.15, -0.1) is 47.3 Å². The summed E-state index contributed by atoms with van der Waals surface area (Å²) in [7, 11) is -1.34. The minimum absolute atomic E-state index is 0. The number of hydrogen-bond donors (Lipinski definition) is 0. The van der Waals surface area contributed by atoms with Crippen molar-refractivity contribution in [1.82, 2.24) is 14.5 Å². The Balaban J connectivity index is 0.000000199. The smallest absolute Gasteiger partial charge is 0.0798 e. The van der Waals surface area contributed by atoms with Crippen LogP contribution >= 0.6 is 11.3 Å². The van der Waals surface area contributed by atoms with Gasteiger partial charge in [-0.05, 0) is 65.1 Å². The molecule has 50 heavy (non-hydrogen) atoms. The fraction of sp³-hybridized carbons (Fsp3) is 0.182. The third-order valence-electron chi connectivity index (χ3n) is 8.70. The van der Waals surface area contributed by atoms with E-state index in [9.17, 15) is 0 Å². The molecule has 0 aliphatic rings. The first-order valence-electron chi connectivity index (χ1n) is 18.2. The SMILES string of the molecule is CC(C)Cc1cc(-c2[c-]cccc2)ncc1[Si](C)(C)C.[2H]C([2H])([2H])c1ccc2c(-c3nc4ccccc4n3-c3ccc4ccccc4c3)[c-]sc2c1.[Ir]. The summed E-state index contributed by atoms with van der Waals surface area (Å²) in [5.41, 5.74) is 7.78. The monoisotopic (exact) mass is 867 g/mol. The van der Waals surface area contributed by atoms with E-state index in [1.54, 1.807) is 12.1 Å². The Kier molecular flexibility index (Phi) is 9.51. The number of pyridine rings is 1. The Hall–Kier alpha value is -4.19. The van der Waals surface area contributed by atoms with Crippen LogP contribution in [0.3, 0.4) is 0 Å². The third kappa shape index (κ3) is 7.45. The summed E-state index contributed by atoms with van der Waals surface area (Å²) < 4.78 is 26.2.